The molecule has 0 aromatic rings. The van der Waals surface area contributed by atoms with E-state index >= 15 is 0 Å². The molecule has 0 heterocycles. The molecule has 0 aromatic carbocycles. The highest BCUT2D eigenvalue weighted by atomic mass is 16.6. The van der Waals surface area contributed by atoms with Gasteiger partial charge in [0, 0.05) is 19.3 Å². The van der Waals surface area contributed by atoms with Crippen LogP contribution in [0, 0.1) is 0 Å². The van der Waals surface area contributed by atoms with E-state index in [0.717, 1.165) is 103 Å². The quantitative estimate of drug-likeness (QED) is 0.0261. The van der Waals surface area contributed by atoms with Gasteiger partial charge in [0.15, 0.2) is 6.10 Å². The summed E-state index contributed by atoms with van der Waals surface area (Å²) in [6.07, 6.45) is 80.1. The van der Waals surface area contributed by atoms with Crippen LogP contribution in [0.4, 0.5) is 0 Å². The van der Waals surface area contributed by atoms with Gasteiger partial charge in [0.25, 0.3) is 0 Å². The van der Waals surface area contributed by atoms with E-state index in [1.165, 1.54) is 193 Å². The van der Waals surface area contributed by atoms with E-state index in [1.54, 1.807) is 0 Å². The topological polar surface area (TPSA) is 78.9 Å². The zero-order valence-corrected chi connectivity index (χ0v) is 49.4. The second kappa shape index (κ2) is 62.6. The van der Waals surface area contributed by atoms with E-state index in [1.807, 2.05) is 0 Å². The Morgan fingerprint density at radius 3 is 0.824 bits per heavy atom. The first kappa shape index (κ1) is 71.1. The number of carbonyl (C=O) groups is 3. The van der Waals surface area contributed by atoms with Crippen molar-refractivity contribution in [2.75, 3.05) is 13.2 Å². The number of esters is 3. The summed E-state index contributed by atoms with van der Waals surface area (Å²) in [7, 11) is 0. The smallest absolute Gasteiger partial charge is 0.306 e. The summed E-state index contributed by atoms with van der Waals surface area (Å²) in [5, 5.41) is 0. The van der Waals surface area contributed by atoms with Crippen molar-refractivity contribution < 1.29 is 28.6 Å². The molecule has 0 rings (SSSR count). The molecular formula is C68H122O6. The molecule has 74 heavy (non-hydrogen) atoms. The van der Waals surface area contributed by atoms with E-state index in [0.29, 0.717) is 19.3 Å². The van der Waals surface area contributed by atoms with Crippen LogP contribution in [0.1, 0.15) is 335 Å². The zero-order valence-electron chi connectivity index (χ0n) is 49.4. The summed E-state index contributed by atoms with van der Waals surface area (Å²) >= 11 is 0. The molecule has 0 saturated heterocycles. The predicted octanol–water partition coefficient (Wildman–Crippen LogP) is 21.9. The van der Waals surface area contributed by atoms with Crippen molar-refractivity contribution in [2.24, 2.45) is 0 Å². The Balaban J connectivity index is 4.00. The van der Waals surface area contributed by atoms with E-state index in [-0.39, 0.29) is 31.1 Å². The first-order valence-electron chi connectivity index (χ1n) is 32.3. The SMILES string of the molecule is CC/C=C\C/C=C\C/C=C\C/C=C\C/C=C\CCCCCCCCCC(=O)OC(COC(=O)CCCCCCC)COC(=O)CCCCCCCCCCCCCCCCCCCCCCCCCCCCCC. The first-order valence-corrected chi connectivity index (χ1v) is 32.3. The minimum absolute atomic E-state index is 0.0759. The lowest BCUT2D eigenvalue weighted by atomic mass is 10.0. The molecule has 0 bridgehead atoms. The van der Waals surface area contributed by atoms with Crippen LogP contribution >= 0.6 is 0 Å². The Kier molecular flexibility index (Phi) is 60.2. The Morgan fingerprint density at radius 2 is 0.527 bits per heavy atom. The standard InChI is InChI=1S/C68H122O6/c1-4-7-10-13-15-17-19-21-23-25-27-29-31-32-33-34-35-37-38-40-42-44-46-48-50-52-55-58-61-67(70)73-64-65(63-72-66(69)60-57-54-12-9-6-3)74-68(71)62-59-56-53-51-49-47-45-43-41-39-36-30-28-26-24-22-20-18-16-14-11-8-5-2/h8,11,16,18,22,24,28,30,39,41,65H,4-7,9-10,12-15,17,19-21,23,25-27,29,31-38,40,42-64H2,1-3H3/b11-8-,18-16-,24-22-,30-28-,41-39-. The van der Waals surface area contributed by atoms with Crippen LogP contribution < -0.4 is 0 Å². The molecule has 6 nitrogen and oxygen atoms in total. The Bertz CT molecular complexity index is 1330. The minimum atomic E-state index is -0.776. The number of rotatable bonds is 59. The number of ether oxygens (including phenoxy) is 3. The molecule has 0 N–H and O–H groups in total. The van der Waals surface area contributed by atoms with Crippen LogP contribution in [0.15, 0.2) is 60.8 Å². The fourth-order valence-corrected chi connectivity index (χ4v) is 9.47. The van der Waals surface area contributed by atoms with Gasteiger partial charge in [-0.25, -0.2) is 0 Å². The molecule has 6 heteroatoms. The third kappa shape index (κ3) is 60.0. The molecule has 0 aliphatic rings. The molecule has 0 fully saturated rings. The van der Waals surface area contributed by atoms with Crippen molar-refractivity contribution in [2.45, 2.75) is 341 Å². The highest BCUT2D eigenvalue weighted by Crippen LogP contribution is 2.18. The zero-order chi connectivity index (χ0) is 53.6. The number of unbranched alkanes of at least 4 members (excludes halogenated alkanes) is 38. The molecule has 0 aliphatic heterocycles. The van der Waals surface area contributed by atoms with Gasteiger partial charge in [-0.05, 0) is 64.2 Å². The molecule has 1 unspecified atom stereocenters. The molecule has 0 radical (unpaired) electrons. The van der Waals surface area contributed by atoms with Crippen molar-refractivity contribution in [1.82, 2.24) is 0 Å². The largest absolute Gasteiger partial charge is 0.462 e. The number of carbonyl (C=O) groups excluding carboxylic acids is 3. The van der Waals surface area contributed by atoms with Crippen molar-refractivity contribution in [3.63, 3.8) is 0 Å². The molecule has 0 saturated carbocycles. The third-order valence-electron chi connectivity index (χ3n) is 14.3. The Morgan fingerprint density at radius 1 is 0.284 bits per heavy atom. The molecule has 430 valence electrons. The highest BCUT2D eigenvalue weighted by molar-refractivity contribution is 5.71. The van der Waals surface area contributed by atoms with Crippen LogP contribution in [0.3, 0.4) is 0 Å². The van der Waals surface area contributed by atoms with E-state index in [9.17, 15) is 14.4 Å². The van der Waals surface area contributed by atoms with Gasteiger partial charge in [0.1, 0.15) is 13.2 Å². The van der Waals surface area contributed by atoms with Gasteiger partial charge < -0.3 is 14.2 Å². The van der Waals surface area contributed by atoms with Gasteiger partial charge in [-0.2, -0.15) is 0 Å². The number of hydrogen-bond donors (Lipinski definition) is 0. The van der Waals surface area contributed by atoms with Gasteiger partial charge in [0.2, 0.25) is 0 Å². The van der Waals surface area contributed by atoms with E-state index in [2.05, 4.69) is 81.5 Å². The molecule has 0 aliphatic carbocycles. The van der Waals surface area contributed by atoms with E-state index in [4.69, 9.17) is 14.2 Å². The van der Waals surface area contributed by atoms with Crippen molar-refractivity contribution in [3.8, 4) is 0 Å². The maximum atomic E-state index is 12.8. The normalized spacial score (nSPS) is 12.4. The maximum absolute atomic E-state index is 12.8. The highest BCUT2D eigenvalue weighted by Gasteiger charge is 2.19. The van der Waals surface area contributed by atoms with Gasteiger partial charge >= 0.3 is 17.9 Å². The van der Waals surface area contributed by atoms with Crippen LogP contribution in [-0.4, -0.2) is 37.2 Å². The second-order valence-electron chi connectivity index (χ2n) is 21.7. The van der Waals surface area contributed by atoms with Crippen molar-refractivity contribution >= 4 is 17.9 Å². The Labute approximate surface area is 460 Å². The summed E-state index contributed by atoms with van der Waals surface area (Å²) in [5.74, 6) is -0.886. The molecule has 0 amide bonds. The van der Waals surface area contributed by atoms with Gasteiger partial charge in [-0.3, -0.25) is 14.4 Å². The fraction of sp³-hybridized carbons (Fsp3) is 0.809. The summed E-state index contributed by atoms with van der Waals surface area (Å²) in [5.41, 5.74) is 0. The van der Waals surface area contributed by atoms with Crippen LogP contribution in [0.2, 0.25) is 0 Å². The molecule has 0 aromatic heterocycles. The predicted molar refractivity (Wildman–Crippen MR) is 321 cm³/mol. The fourth-order valence-electron chi connectivity index (χ4n) is 9.47. The minimum Gasteiger partial charge on any atom is -0.462 e. The van der Waals surface area contributed by atoms with Gasteiger partial charge in [-0.15, -0.1) is 0 Å². The first-order chi connectivity index (χ1) is 36.5. The van der Waals surface area contributed by atoms with Crippen LogP contribution in [0.5, 0.6) is 0 Å². The lowest BCUT2D eigenvalue weighted by Gasteiger charge is -2.18. The average molecular weight is 1040 g/mol. The number of allylic oxidation sites excluding steroid dienone is 10. The average Bonchev–Trinajstić information content (AvgIpc) is 3.40. The van der Waals surface area contributed by atoms with Crippen LogP contribution in [-0.2, 0) is 28.6 Å². The summed E-state index contributed by atoms with van der Waals surface area (Å²) in [4.78, 5) is 37.9. The van der Waals surface area contributed by atoms with Gasteiger partial charge in [-0.1, -0.05) is 313 Å². The monoisotopic (exact) mass is 1030 g/mol. The van der Waals surface area contributed by atoms with Crippen molar-refractivity contribution in [1.29, 1.82) is 0 Å². The van der Waals surface area contributed by atoms with Gasteiger partial charge in [0.05, 0.1) is 0 Å². The third-order valence-corrected chi connectivity index (χ3v) is 14.3. The molecule has 0 spiro atoms. The van der Waals surface area contributed by atoms with Crippen LogP contribution in [0.25, 0.3) is 0 Å². The molecular weight excluding hydrogens is 913 g/mol. The van der Waals surface area contributed by atoms with Crippen molar-refractivity contribution in [3.05, 3.63) is 60.8 Å². The maximum Gasteiger partial charge on any atom is 0.306 e. The van der Waals surface area contributed by atoms with E-state index < -0.39 is 6.10 Å². The molecule has 1 atom stereocenters. The summed E-state index contributed by atoms with van der Waals surface area (Å²) in [6, 6.07) is 0. The summed E-state index contributed by atoms with van der Waals surface area (Å²) < 4.78 is 16.8. The summed E-state index contributed by atoms with van der Waals surface area (Å²) in [6.45, 7) is 6.48. The Hall–Kier alpha value is -2.89. The lowest BCUT2D eigenvalue weighted by Crippen LogP contribution is -2.30. The lowest BCUT2D eigenvalue weighted by molar-refractivity contribution is -0.167. The second-order valence-corrected chi connectivity index (χ2v) is 21.7. The number of hydrogen-bond acceptors (Lipinski definition) is 6.